The SMILES string of the molecule is c1ccc2c(c1)CC[C@@H]1CCN[C@H]21. The summed E-state index contributed by atoms with van der Waals surface area (Å²) in [6.07, 6.45) is 4.05. The summed E-state index contributed by atoms with van der Waals surface area (Å²) in [5, 5.41) is 3.61. The molecule has 1 aromatic rings. The highest BCUT2D eigenvalue weighted by molar-refractivity contribution is 5.33. The van der Waals surface area contributed by atoms with Gasteiger partial charge in [0, 0.05) is 6.04 Å². The van der Waals surface area contributed by atoms with Gasteiger partial charge in [0.1, 0.15) is 0 Å². The molecule has 0 saturated carbocycles. The van der Waals surface area contributed by atoms with E-state index in [1.54, 1.807) is 11.1 Å². The van der Waals surface area contributed by atoms with Crippen molar-refractivity contribution in [1.82, 2.24) is 5.32 Å². The van der Waals surface area contributed by atoms with Gasteiger partial charge >= 0.3 is 0 Å². The van der Waals surface area contributed by atoms with Gasteiger partial charge < -0.3 is 5.32 Å². The first-order chi connectivity index (χ1) is 6.45. The molecule has 1 N–H and O–H groups in total. The quantitative estimate of drug-likeness (QED) is 0.634. The van der Waals surface area contributed by atoms with Gasteiger partial charge in [0.25, 0.3) is 0 Å². The third kappa shape index (κ3) is 1.11. The standard InChI is InChI=1S/C12H15N/c1-2-4-11-9(3-1)5-6-10-7-8-13-12(10)11/h1-4,10,12-13H,5-8H2/t10-,12+/m1/s1. The lowest BCUT2D eigenvalue weighted by Gasteiger charge is -2.27. The van der Waals surface area contributed by atoms with Gasteiger partial charge in [-0.2, -0.15) is 0 Å². The van der Waals surface area contributed by atoms with Crippen molar-refractivity contribution in [2.45, 2.75) is 25.3 Å². The Morgan fingerprint density at radius 3 is 3.08 bits per heavy atom. The molecular weight excluding hydrogens is 158 g/mol. The fraction of sp³-hybridized carbons (Fsp3) is 0.500. The summed E-state index contributed by atoms with van der Waals surface area (Å²) in [5.41, 5.74) is 3.13. The van der Waals surface area contributed by atoms with Crippen molar-refractivity contribution in [1.29, 1.82) is 0 Å². The minimum absolute atomic E-state index is 0.671. The molecule has 0 radical (unpaired) electrons. The molecule has 1 heterocycles. The van der Waals surface area contributed by atoms with Gasteiger partial charge in [-0.25, -0.2) is 0 Å². The molecule has 2 atom stereocenters. The van der Waals surface area contributed by atoms with Gasteiger partial charge in [0.05, 0.1) is 0 Å². The molecule has 0 unspecified atom stereocenters. The predicted molar refractivity (Wildman–Crippen MR) is 53.6 cm³/mol. The van der Waals surface area contributed by atoms with E-state index in [1.807, 2.05) is 0 Å². The second kappa shape index (κ2) is 2.85. The van der Waals surface area contributed by atoms with Crippen molar-refractivity contribution in [3.05, 3.63) is 35.4 Å². The fourth-order valence-electron chi connectivity index (χ4n) is 2.84. The van der Waals surface area contributed by atoms with Crippen LogP contribution in [0.2, 0.25) is 0 Å². The Morgan fingerprint density at radius 2 is 2.08 bits per heavy atom. The Kier molecular flexibility index (Phi) is 1.66. The van der Waals surface area contributed by atoms with E-state index in [0.717, 1.165) is 5.92 Å². The van der Waals surface area contributed by atoms with E-state index >= 15 is 0 Å². The van der Waals surface area contributed by atoms with Gasteiger partial charge in [-0.05, 0) is 42.9 Å². The second-order valence-corrected chi connectivity index (χ2v) is 4.22. The van der Waals surface area contributed by atoms with Crippen LogP contribution >= 0.6 is 0 Å². The molecule has 1 heteroatoms. The molecule has 0 amide bonds. The zero-order valence-corrected chi connectivity index (χ0v) is 7.79. The zero-order valence-electron chi connectivity index (χ0n) is 7.79. The molecule has 0 aromatic heterocycles. The van der Waals surface area contributed by atoms with Gasteiger partial charge in [-0.1, -0.05) is 24.3 Å². The lowest BCUT2D eigenvalue weighted by Crippen LogP contribution is -2.23. The molecule has 1 nitrogen and oxygen atoms in total. The van der Waals surface area contributed by atoms with Gasteiger partial charge in [-0.15, -0.1) is 0 Å². The largest absolute Gasteiger partial charge is 0.310 e. The van der Waals surface area contributed by atoms with Crippen molar-refractivity contribution in [3.8, 4) is 0 Å². The lowest BCUT2D eigenvalue weighted by atomic mass is 9.81. The topological polar surface area (TPSA) is 12.0 Å². The number of nitrogens with one attached hydrogen (secondary N) is 1. The molecular formula is C12H15N. The highest BCUT2D eigenvalue weighted by Crippen LogP contribution is 2.38. The van der Waals surface area contributed by atoms with Crippen molar-refractivity contribution in [2.24, 2.45) is 5.92 Å². The van der Waals surface area contributed by atoms with Crippen LogP contribution in [-0.4, -0.2) is 6.54 Å². The Morgan fingerprint density at radius 1 is 1.15 bits per heavy atom. The third-order valence-corrected chi connectivity index (χ3v) is 3.53. The first-order valence-electron chi connectivity index (χ1n) is 5.26. The van der Waals surface area contributed by atoms with E-state index in [2.05, 4.69) is 29.6 Å². The molecule has 0 spiro atoms. The maximum Gasteiger partial charge on any atom is 0.0351 e. The first-order valence-corrected chi connectivity index (χ1v) is 5.26. The van der Waals surface area contributed by atoms with E-state index in [9.17, 15) is 0 Å². The summed E-state index contributed by atoms with van der Waals surface area (Å²) in [5.74, 6) is 0.912. The molecule has 1 saturated heterocycles. The Hall–Kier alpha value is -0.820. The van der Waals surface area contributed by atoms with Crippen LogP contribution in [0.5, 0.6) is 0 Å². The highest BCUT2D eigenvalue weighted by Gasteiger charge is 2.32. The van der Waals surface area contributed by atoms with Crippen LogP contribution in [0.15, 0.2) is 24.3 Å². The summed E-state index contributed by atoms with van der Waals surface area (Å²) >= 11 is 0. The van der Waals surface area contributed by atoms with Gasteiger partial charge in [-0.3, -0.25) is 0 Å². The molecule has 3 rings (SSSR count). The second-order valence-electron chi connectivity index (χ2n) is 4.22. The molecule has 1 aromatic carbocycles. The van der Waals surface area contributed by atoms with Gasteiger partial charge in [0.15, 0.2) is 0 Å². The lowest BCUT2D eigenvalue weighted by molar-refractivity contribution is 0.405. The number of rotatable bonds is 0. The number of hydrogen-bond donors (Lipinski definition) is 1. The summed E-state index contributed by atoms with van der Waals surface area (Å²) in [6, 6.07) is 9.58. The number of benzene rings is 1. The van der Waals surface area contributed by atoms with Crippen LogP contribution < -0.4 is 5.32 Å². The van der Waals surface area contributed by atoms with E-state index < -0.39 is 0 Å². The van der Waals surface area contributed by atoms with Crippen molar-refractivity contribution >= 4 is 0 Å². The van der Waals surface area contributed by atoms with Crippen LogP contribution in [0.25, 0.3) is 0 Å². The number of hydrogen-bond acceptors (Lipinski definition) is 1. The summed E-state index contributed by atoms with van der Waals surface area (Å²) in [6.45, 7) is 1.21. The molecule has 1 aliphatic heterocycles. The third-order valence-electron chi connectivity index (χ3n) is 3.53. The monoisotopic (exact) mass is 173 g/mol. The molecule has 1 aliphatic carbocycles. The first kappa shape index (κ1) is 7.57. The number of aryl methyl sites for hydroxylation is 1. The van der Waals surface area contributed by atoms with Crippen LogP contribution in [0.3, 0.4) is 0 Å². The predicted octanol–water partition coefficient (Wildman–Crippen LogP) is 2.28. The van der Waals surface area contributed by atoms with Crippen molar-refractivity contribution in [2.75, 3.05) is 6.54 Å². The van der Waals surface area contributed by atoms with Crippen LogP contribution in [-0.2, 0) is 6.42 Å². The van der Waals surface area contributed by atoms with Crippen LogP contribution in [0, 0.1) is 5.92 Å². The summed E-state index contributed by atoms with van der Waals surface area (Å²) in [7, 11) is 0. The van der Waals surface area contributed by atoms with Crippen LogP contribution in [0.1, 0.15) is 30.0 Å². The Balaban J connectivity index is 2.06. The maximum absolute atomic E-state index is 3.61. The zero-order chi connectivity index (χ0) is 8.67. The van der Waals surface area contributed by atoms with Crippen molar-refractivity contribution < 1.29 is 0 Å². The number of fused-ring (bicyclic) bond motifs is 3. The molecule has 1 fully saturated rings. The smallest absolute Gasteiger partial charge is 0.0351 e. The molecule has 0 bridgehead atoms. The molecule has 68 valence electrons. The van der Waals surface area contributed by atoms with E-state index in [1.165, 1.54) is 25.8 Å². The normalized spacial score (nSPS) is 31.1. The fourth-order valence-corrected chi connectivity index (χ4v) is 2.84. The van der Waals surface area contributed by atoms with E-state index in [0.29, 0.717) is 6.04 Å². The van der Waals surface area contributed by atoms with E-state index in [-0.39, 0.29) is 0 Å². The van der Waals surface area contributed by atoms with Gasteiger partial charge in [0.2, 0.25) is 0 Å². The minimum Gasteiger partial charge on any atom is -0.310 e. The average molecular weight is 173 g/mol. The minimum atomic E-state index is 0.671. The highest BCUT2D eigenvalue weighted by atomic mass is 15.0. The molecule has 2 aliphatic rings. The van der Waals surface area contributed by atoms with E-state index in [4.69, 9.17) is 0 Å². The average Bonchev–Trinajstić information content (AvgIpc) is 2.65. The molecule has 13 heavy (non-hydrogen) atoms. The maximum atomic E-state index is 3.61. The van der Waals surface area contributed by atoms with Crippen molar-refractivity contribution in [3.63, 3.8) is 0 Å². The Bertz CT molecular complexity index is 319. The van der Waals surface area contributed by atoms with Crippen LogP contribution in [0.4, 0.5) is 0 Å². The summed E-state index contributed by atoms with van der Waals surface area (Å²) < 4.78 is 0. The Labute approximate surface area is 79.2 Å². The summed E-state index contributed by atoms with van der Waals surface area (Å²) in [4.78, 5) is 0.